The molecule has 1 aliphatic heterocycles. The summed E-state index contributed by atoms with van der Waals surface area (Å²) in [5.41, 5.74) is 2.03. The quantitative estimate of drug-likeness (QED) is 0.876. The van der Waals surface area contributed by atoms with Crippen LogP contribution < -0.4 is 5.32 Å². The van der Waals surface area contributed by atoms with E-state index in [-0.39, 0.29) is 11.8 Å². The molecule has 2 aromatic rings. The molecule has 0 saturated heterocycles. The maximum atomic E-state index is 12.4. The van der Waals surface area contributed by atoms with Crippen LogP contribution in [0.4, 0.5) is 5.69 Å². The second-order valence-electron chi connectivity index (χ2n) is 6.59. The van der Waals surface area contributed by atoms with Crippen molar-refractivity contribution in [3.63, 3.8) is 0 Å². The first kappa shape index (κ1) is 18.5. The number of thioether (sulfide) groups is 1. The van der Waals surface area contributed by atoms with Crippen LogP contribution in [0.3, 0.4) is 0 Å². The molecular weight excluding hydrogens is 348 g/mol. The molecule has 2 heterocycles. The molecule has 0 bridgehead atoms. The van der Waals surface area contributed by atoms with E-state index in [9.17, 15) is 9.59 Å². The first-order chi connectivity index (χ1) is 12.5. The fourth-order valence-corrected chi connectivity index (χ4v) is 3.49. The fraction of sp³-hybridized carbons (Fsp3) is 0.421. The van der Waals surface area contributed by atoms with Crippen LogP contribution in [0.15, 0.2) is 36.4 Å². The Kier molecular flexibility index (Phi) is 5.98. The lowest BCUT2D eigenvalue weighted by atomic mass is 10.3. The Morgan fingerprint density at radius 2 is 2.00 bits per heavy atom. The van der Waals surface area contributed by atoms with Crippen LogP contribution in [0.25, 0.3) is 0 Å². The minimum Gasteiger partial charge on any atom is -0.336 e. The third-order valence-electron chi connectivity index (χ3n) is 4.17. The van der Waals surface area contributed by atoms with Gasteiger partial charge in [-0.1, -0.05) is 32.0 Å². The van der Waals surface area contributed by atoms with E-state index in [0.29, 0.717) is 23.2 Å². The molecule has 1 N–H and O–H groups in total. The summed E-state index contributed by atoms with van der Waals surface area (Å²) in [6.45, 7) is 6.13. The van der Waals surface area contributed by atoms with Crippen LogP contribution in [0, 0.1) is 0 Å². The van der Waals surface area contributed by atoms with Crippen LogP contribution in [-0.4, -0.2) is 44.0 Å². The van der Waals surface area contributed by atoms with Crippen molar-refractivity contribution in [2.24, 2.45) is 0 Å². The van der Waals surface area contributed by atoms with Crippen LogP contribution in [0.2, 0.25) is 0 Å². The van der Waals surface area contributed by atoms with Gasteiger partial charge in [-0.05, 0) is 29.9 Å². The number of aromatic nitrogens is 2. The summed E-state index contributed by atoms with van der Waals surface area (Å²) in [5, 5.41) is 7.72. The van der Waals surface area contributed by atoms with Crippen LogP contribution >= 0.6 is 11.8 Å². The van der Waals surface area contributed by atoms with Gasteiger partial charge in [0, 0.05) is 18.8 Å². The van der Waals surface area contributed by atoms with E-state index in [1.54, 1.807) is 17.8 Å². The molecule has 1 aliphatic rings. The molecule has 0 aliphatic carbocycles. The monoisotopic (exact) mass is 372 g/mol. The highest BCUT2D eigenvalue weighted by molar-refractivity contribution is 8.00. The Morgan fingerprint density at radius 1 is 1.23 bits per heavy atom. The first-order valence-corrected chi connectivity index (χ1v) is 9.90. The van der Waals surface area contributed by atoms with Crippen molar-refractivity contribution in [3.05, 3.63) is 47.8 Å². The lowest BCUT2D eigenvalue weighted by Crippen LogP contribution is -2.32. The van der Waals surface area contributed by atoms with Gasteiger partial charge in [-0.3, -0.25) is 14.3 Å². The number of carbonyl (C=O) groups excluding carboxylic acids is 2. The molecule has 0 saturated carbocycles. The van der Waals surface area contributed by atoms with Gasteiger partial charge in [-0.15, -0.1) is 11.8 Å². The van der Waals surface area contributed by atoms with Crippen molar-refractivity contribution < 1.29 is 9.59 Å². The number of anilines is 1. The number of aryl methyl sites for hydroxylation is 1. The second kappa shape index (κ2) is 8.40. The lowest BCUT2D eigenvalue weighted by molar-refractivity contribution is -0.128. The van der Waals surface area contributed by atoms with Crippen molar-refractivity contribution in [1.82, 2.24) is 14.7 Å². The standard InChI is InChI=1S/C19H24N4O2S/c1-14(2)26-13-18(24)22-9-6-10-23-16(12-22)11-17(21-23)19(25)20-15-7-4-3-5-8-15/h3-5,7-8,11,14H,6,9-10,12-13H2,1-2H3,(H,20,25). The Bertz CT molecular complexity index is 773. The van der Waals surface area contributed by atoms with E-state index in [4.69, 9.17) is 0 Å². The molecule has 0 atom stereocenters. The van der Waals surface area contributed by atoms with Crippen LogP contribution in [-0.2, 0) is 17.9 Å². The summed E-state index contributed by atoms with van der Waals surface area (Å²) in [6, 6.07) is 11.1. The molecule has 0 radical (unpaired) electrons. The number of carbonyl (C=O) groups is 2. The molecule has 7 heteroatoms. The first-order valence-electron chi connectivity index (χ1n) is 8.85. The van der Waals surface area contributed by atoms with Crippen molar-refractivity contribution in [1.29, 1.82) is 0 Å². The summed E-state index contributed by atoms with van der Waals surface area (Å²) in [5.74, 6) is 0.409. The average Bonchev–Trinajstić information content (AvgIpc) is 2.92. The topological polar surface area (TPSA) is 67.2 Å². The second-order valence-corrected chi connectivity index (χ2v) is 8.16. The predicted octanol–water partition coefficient (Wildman–Crippen LogP) is 3.01. The zero-order chi connectivity index (χ0) is 18.5. The maximum absolute atomic E-state index is 12.4. The molecule has 3 rings (SSSR count). The van der Waals surface area contributed by atoms with Gasteiger partial charge in [0.1, 0.15) is 0 Å². The van der Waals surface area contributed by atoms with Crippen LogP contribution in [0.5, 0.6) is 0 Å². The molecule has 0 unspecified atom stereocenters. The summed E-state index contributed by atoms with van der Waals surface area (Å²) >= 11 is 1.65. The Labute approximate surface area is 157 Å². The third kappa shape index (κ3) is 4.66. The van der Waals surface area contributed by atoms with Crippen molar-refractivity contribution in [2.75, 3.05) is 17.6 Å². The minimum absolute atomic E-state index is 0.147. The van der Waals surface area contributed by atoms with Gasteiger partial charge in [0.05, 0.1) is 18.0 Å². The highest BCUT2D eigenvalue weighted by atomic mass is 32.2. The van der Waals surface area contributed by atoms with Crippen molar-refractivity contribution in [3.8, 4) is 0 Å². The van der Waals surface area contributed by atoms with Gasteiger partial charge < -0.3 is 10.2 Å². The average molecular weight is 372 g/mol. The molecule has 138 valence electrons. The van der Waals surface area contributed by atoms with E-state index in [0.717, 1.165) is 30.9 Å². The van der Waals surface area contributed by atoms with Crippen LogP contribution in [0.1, 0.15) is 36.5 Å². The Hall–Kier alpha value is -2.28. The van der Waals surface area contributed by atoms with Gasteiger partial charge in [-0.2, -0.15) is 5.10 Å². The predicted molar refractivity (Wildman–Crippen MR) is 104 cm³/mol. The number of nitrogens with one attached hydrogen (secondary N) is 1. The highest BCUT2D eigenvalue weighted by Gasteiger charge is 2.22. The van der Waals surface area contributed by atoms with Gasteiger partial charge in [0.2, 0.25) is 5.91 Å². The summed E-state index contributed by atoms with van der Waals surface area (Å²) < 4.78 is 1.85. The van der Waals surface area contributed by atoms with E-state index in [2.05, 4.69) is 24.3 Å². The molecular formula is C19H24N4O2S. The van der Waals surface area contributed by atoms with Gasteiger partial charge in [0.25, 0.3) is 5.91 Å². The summed E-state index contributed by atoms with van der Waals surface area (Å²) in [7, 11) is 0. The van der Waals surface area contributed by atoms with E-state index in [1.165, 1.54) is 0 Å². The Morgan fingerprint density at radius 3 is 2.73 bits per heavy atom. The molecule has 1 aromatic carbocycles. The lowest BCUT2D eigenvalue weighted by Gasteiger charge is -2.20. The van der Waals surface area contributed by atoms with E-state index in [1.807, 2.05) is 39.9 Å². The van der Waals surface area contributed by atoms with Gasteiger partial charge >= 0.3 is 0 Å². The highest BCUT2D eigenvalue weighted by Crippen LogP contribution is 2.17. The molecule has 0 spiro atoms. The number of rotatable bonds is 5. The van der Waals surface area contributed by atoms with Gasteiger partial charge in [-0.25, -0.2) is 0 Å². The molecule has 6 nitrogen and oxygen atoms in total. The molecule has 1 aromatic heterocycles. The number of benzene rings is 1. The Balaban J connectivity index is 1.68. The molecule has 26 heavy (non-hydrogen) atoms. The summed E-state index contributed by atoms with van der Waals surface area (Å²) in [4.78, 5) is 26.8. The normalized spacial score (nSPS) is 14.0. The van der Waals surface area contributed by atoms with Crippen molar-refractivity contribution >= 4 is 29.3 Å². The zero-order valence-electron chi connectivity index (χ0n) is 15.1. The number of amides is 2. The minimum atomic E-state index is -0.231. The summed E-state index contributed by atoms with van der Waals surface area (Å²) in [6.07, 6.45) is 0.840. The van der Waals surface area contributed by atoms with E-state index >= 15 is 0 Å². The van der Waals surface area contributed by atoms with Gasteiger partial charge in [0.15, 0.2) is 5.69 Å². The molecule has 0 fully saturated rings. The SMILES string of the molecule is CC(C)SCC(=O)N1CCCn2nc(C(=O)Nc3ccccc3)cc2C1. The number of hydrogen-bond donors (Lipinski definition) is 1. The third-order valence-corrected chi connectivity index (χ3v) is 5.25. The van der Waals surface area contributed by atoms with Crippen molar-refractivity contribution in [2.45, 2.75) is 38.6 Å². The number of fused-ring (bicyclic) bond motifs is 1. The number of para-hydroxylation sites is 1. The largest absolute Gasteiger partial charge is 0.336 e. The maximum Gasteiger partial charge on any atom is 0.276 e. The zero-order valence-corrected chi connectivity index (χ0v) is 16.0. The van der Waals surface area contributed by atoms with E-state index < -0.39 is 0 Å². The number of hydrogen-bond acceptors (Lipinski definition) is 4. The molecule has 2 amide bonds. The number of nitrogens with zero attached hydrogens (tertiary/aromatic N) is 3. The fourth-order valence-electron chi connectivity index (χ4n) is 2.83. The smallest absolute Gasteiger partial charge is 0.276 e.